The van der Waals surface area contributed by atoms with E-state index in [0.717, 1.165) is 25.1 Å². The van der Waals surface area contributed by atoms with Gasteiger partial charge in [0, 0.05) is 32.2 Å². The van der Waals surface area contributed by atoms with Gasteiger partial charge in [-0.3, -0.25) is 15.0 Å². The van der Waals surface area contributed by atoms with Gasteiger partial charge in [0.2, 0.25) is 0 Å². The average molecular weight is 288 g/mol. The molecule has 0 N–H and O–H groups in total. The van der Waals surface area contributed by atoms with Crippen molar-refractivity contribution in [1.29, 1.82) is 5.26 Å². The van der Waals surface area contributed by atoms with Crippen LogP contribution < -0.4 is 4.90 Å². The van der Waals surface area contributed by atoms with Gasteiger partial charge in [0.05, 0.1) is 17.0 Å². The van der Waals surface area contributed by atoms with E-state index in [2.05, 4.69) is 15.9 Å². The van der Waals surface area contributed by atoms with Crippen LogP contribution in [0.2, 0.25) is 0 Å². The van der Waals surface area contributed by atoms with E-state index >= 15 is 0 Å². The quantitative estimate of drug-likeness (QED) is 0.628. The molecule has 0 aromatic heterocycles. The van der Waals surface area contributed by atoms with E-state index in [9.17, 15) is 10.1 Å². The van der Waals surface area contributed by atoms with Gasteiger partial charge in [-0.1, -0.05) is 19.1 Å². The highest BCUT2D eigenvalue weighted by Gasteiger charge is 2.27. The second-order valence-electron chi connectivity index (χ2n) is 5.28. The topological polar surface area (TPSA) is 73.4 Å². The monoisotopic (exact) mass is 288 g/mol. The Morgan fingerprint density at radius 1 is 1.38 bits per heavy atom. The van der Waals surface area contributed by atoms with Gasteiger partial charge in [-0.25, -0.2) is 0 Å². The minimum Gasteiger partial charge on any atom is -0.363 e. The molecule has 1 atom stereocenters. The van der Waals surface area contributed by atoms with E-state index in [0.29, 0.717) is 18.8 Å². The van der Waals surface area contributed by atoms with Crippen molar-refractivity contribution in [3.8, 4) is 6.07 Å². The fraction of sp³-hybridized carbons (Fsp3) is 0.533. The molecule has 0 radical (unpaired) electrons. The van der Waals surface area contributed by atoms with Crippen molar-refractivity contribution in [2.24, 2.45) is 0 Å². The van der Waals surface area contributed by atoms with E-state index in [-0.39, 0.29) is 16.7 Å². The molecule has 1 heterocycles. The second-order valence-corrected chi connectivity index (χ2v) is 5.28. The summed E-state index contributed by atoms with van der Waals surface area (Å²) in [5, 5.41) is 20.3. The zero-order valence-corrected chi connectivity index (χ0v) is 12.5. The molecule has 1 aromatic rings. The molecule has 0 amide bonds. The van der Waals surface area contributed by atoms with Gasteiger partial charge in [-0.05, 0) is 18.9 Å². The van der Waals surface area contributed by atoms with Crippen molar-refractivity contribution < 1.29 is 4.92 Å². The molecule has 0 bridgehead atoms. The smallest absolute Gasteiger partial charge is 0.292 e. The van der Waals surface area contributed by atoms with Crippen LogP contribution in [0.25, 0.3) is 0 Å². The second kappa shape index (κ2) is 6.55. The number of nitriles is 1. The zero-order chi connectivity index (χ0) is 15.4. The van der Waals surface area contributed by atoms with Gasteiger partial charge in [0.1, 0.15) is 5.69 Å². The molecule has 112 valence electrons. The van der Waals surface area contributed by atoms with Crippen LogP contribution in [0, 0.1) is 28.4 Å². The Morgan fingerprint density at radius 3 is 2.57 bits per heavy atom. The highest BCUT2D eigenvalue weighted by molar-refractivity contribution is 5.67. The van der Waals surface area contributed by atoms with Crippen molar-refractivity contribution in [3.05, 3.63) is 33.9 Å². The minimum atomic E-state index is -0.321. The molecule has 2 rings (SSSR count). The Kier molecular flexibility index (Phi) is 4.76. The fourth-order valence-corrected chi connectivity index (χ4v) is 2.89. The lowest BCUT2D eigenvalue weighted by Gasteiger charge is -2.38. The summed E-state index contributed by atoms with van der Waals surface area (Å²) < 4.78 is 0. The average Bonchev–Trinajstić information content (AvgIpc) is 2.49. The molecule has 6 nitrogen and oxygen atoms in total. The van der Waals surface area contributed by atoms with Crippen LogP contribution in [0.5, 0.6) is 0 Å². The largest absolute Gasteiger partial charge is 0.363 e. The normalized spacial score (nSPS) is 17.3. The Hall–Kier alpha value is -2.13. The Morgan fingerprint density at radius 2 is 2.05 bits per heavy atom. The number of rotatable bonds is 4. The molecule has 6 heteroatoms. The molecule has 0 saturated carbocycles. The van der Waals surface area contributed by atoms with Crippen molar-refractivity contribution in [1.82, 2.24) is 4.90 Å². The predicted molar refractivity (Wildman–Crippen MR) is 81.3 cm³/mol. The van der Waals surface area contributed by atoms with Crippen molar-refractivity contribution in [2.75, 3.05) is 31.1 Å². The first kappa shape index (κ1) is 15.3. The molecule has 1 saturated heterocycles. The molecule has 1 aliphatic heterocycles. The first-order chi connectivity index (χ1) is 10.1. The van der Waals surface area contributed by atoms with Crippen LogP contribution in [-0.4, -0.2) is 42.0 Å². The third-order valence-electron chi connectivity index (χ3n) is 4.02. The summed E-state index contributed by atoms with van der Waals surface area (Å²) in [6.45, 7) is 6.86. The zero-order valence-electron chi connectivity index (χ0n) is 12.5. The van der Waals surface area contributed by atoms with Gasteiger partial charge >= 0.3 is 0 Å². The number of piperazine rings is 1. The molecule has 1 fully saturated rings. The van der Waals surface area contributed by atoms with E-state index < -0.39 is 0 Å². The molecule has 21 heavy (non-hydrogen) atoms. The molecular formula is C15H20N4O2. The summed E-state index contributed by atoms with van der Waals surface area (Å²) >= 11 is 0. The Labute approximate surface area is 124 Å². The van der Waals surface area contributed by atoms with Crippen LogP contribution in [0.1, 0.15) is 18.9 Å². The molecule has 1 aromatic carbocycles. The van der Waals surface area contributed by atoms with E-state index in [4.69, 9.17) is 5.26 Å². The third-order valence-corrected chi connectivity index (χ3v) is 4.02. The summed E-state index contributed by atoms with van der Waals surface area (Å²) in [5.41, 5.74) is 1.80. The Bertz CT molecular complexity index is 559. The standard InChI is InChI=1S/C15H20N4O2/c1-3-13(11-16)17-7-9-18(10-8-17)15-12(2)5-4-6-14(15)19(20)21/h4-6,13H,3,7-10H2,1-2H3. The summed E-state index contributed by atoms with van der Waals surface area (Å²) in [6.07, 6.45) is 0.807. The maximum Gasteiger partial charge on any atom is 0.292 e. The number of hydrogen-bond acceptors (Lipinski definition) is 5. The fourth-order valence-electron chi connectivity index (χ4n) is 2.89. The summed E-state index contributed by atoms with van der Waals surface area (Å²) in [4.78, 5) is 15.1. The van der Waals surface area contributed by atoms with Crippen LogP contribution >= 0.6 is 0 Å². The lowest BCUT2D eigenvalue weighted by atomic mass is 10.1. The number of hydrogen-bond donors (Lipinski definition) is 0. The lowest BCUT2D eigenvalue weighted by Crippen LogP contribution is -2.50. The molecular weight excluding hydrogens is 268 g/mol. The highest BCUT2D eigenvalue weighted by atomic mass is 16.6. The van der Waals surface area contributed by atoms with Crippen molar-refractivity contribution in [2.45, 2.75) is 26.3 Å². The number of nitro benzene ring substituents is 1. The van der Waals surface area contributed by atoms with Crippen LogP contribution in [-0.2, 0) is 0 Å². The predicted octanol–water partition coefficient (Wildman–Crippen LogP) is 2.33. The molecule has 0 spiro atoms. The van der Waals surface area contributed by atoms with Crippen LogP contribution in [0.15, 0.2) is 18.2 Å². The van der Waals surface area contributed by atoms with Gasteiger partial charge in [0.15, 0.2) is 0 Å². The first-order valence-electron chi connectivity index (χ1n) is 7.21. The number of nitrogens with zero attached hydrogens (tertiary/aromatic N) is 4. The minimum absolute atomic E-state index is 0.0565. The van der Waals surface area contributed by atoms with Crippen LogP contribution in [0.3, 0.4) is 0 Å². The van der Waals surface area contributed by atoms with Crippen LogP contribution in [0.4, 0.5) is 11.4 Å². The number of anilines is 1. The van der Waals surface area contributed by atoms with E-state index in [1.54, 1.807) is 12.1 Å². The molecule has 0 aliphatic carbocycles. The van der Waals surface area contributed by atoms with Crippen molar-refractivity contribution in [3.63, 3.8) is 0 Å². The number of aryl methyl sites for hydroxylation is 1. The number of benzene rings is 1. The molecule has 1 aliphatic rings. The maximum absolute atomic E-state index is 11.2. The lowest BCUT2D eigenvalue weighted by molar-refractivity contribution is -0.384. The first-order valence-corrected chi connectivity index (χ1v) is 7.21. The Balaban J connectivity index is 2.17. The summed E-state index contributed by atoms with van der Waals surface area (Å²) in [5.74, 6) is 0. The summed E-state index contributed by atoms with van der Waals surface area (Å²) in [6, 6.07) is 7.43. The van der Waals surface area contributed by atoms with E-state index in [1.807, 2.05) is 19.9 Å². The SMILES string of the molecule is CCC(C#N)N1CCN(c2c(C)cccc2[N+](=O)[O-])CC1. The third kappa shape index (κ3) is 3.14. The van der Waals surface area contributed by atoms with Gasteiger partial charge in [0.25, 0.3) is 5.69 Å². The van der Waals surface area contributed by atoms with E-state index in [1.165, 1.54) is 0 Å². The number of para-hydroxylation sites is 1. The van der Waals surface area contributed by atoms with Gasteiger partial charge in [-0.2, -0.15) is 5.26 Å². The van der Waals surface area contributed by atoms with Gasteiger partial charge < -0.3 is 4.90 Å². The van der Waals surface area contributed by atoms with Crippen molar-refractivity contribution >= 4 is 11.4 Å². The highest BCUT2D eigenvalue weighted by Crippen LogP contribution is 2.32. The maximum atomic E-state index is 11.2. The summed E-state index contributed by atoms with van der Waals surface area (Å²) in [7, 11) is 0. The molecule has 1 unspecified atom stereocenters. The van der Waals surface area contributed by atoms with Gasteiger partial charge in [-0.15, -0.1) is 0 Å². The number of nitro groups is 1.